The average Bonchev–Trinajstić information content (AvgIpc) is 2.59. The summed E-state index contributed by atoms with van der Waals surface area (Å²) in [4.78, 5) is 4.12. The van der Waals surface area contributed by atoms with Gasteiger partial charge in [-0.15, -0.1) is 0 Å². The summed E-state index contributed by atoms with van der Waals surface area (Å²) in [5.41, 5.74) is 0.979. The van der Waals surface area contributed by atoms with Crippen LogP contribution in [0.5, 0.6) is 5.75 Å². The van der Waals surface area contributed by atoms with Crippen molar-refractivity contribution in [3.63, 3.8) is 0 Å². The fraction of sp³-hybridized carbons (Fsp3) is 0.182. The Labute approximate surface area is 107 Å². The van der Waals surface area contributed by atoms with Gasteiger partial charge in [0, 0.05) is 7.05 Å². The largest absolute Gasteiger partial charge is 0.486 e. The van der Waals surface area contributed by atoms with Crippen molar-refractivity contribution >= 4 is 27.5 Å². The van der Waals surface area contributed by atoms with E-state index >= 15 is 0 Å². The molecule has 0 saturated heterocycles. The minimum atomic E-state index is 0.443. The molecule has 0 unspecified atom stereocenters. The van der Waals surface area contributed by atoms with Gasteiger partial charge in [-0.25, -0.2) is 4.98 Å². The van der Waals surface area contributed by atoms with Crippen LogP contribution in [0.25, 0.3) is 0 Å². The molecular weight excluding hydrogens is 291 g/mol. The first kappa shape index (κ1) is 11.5. The van der Waals surface area contributed by atoms with Crippen molar-refractivity contribution in [2.24, 2.45) is 7.05 Å². The molecule has 5 heteroatoms. The van der Waals surface area contributed by atoms with Crippen LogP contribution in [-0.2, 0) is 13.7 Å². The summed E-state index contributed by atoms with van der Waals surface area (Å²) in [6.45, 7) is 0.443. The second-order valence-corrected chi connectivity index (χ2v) is 4.41. The van der Waals surface area contributed by atoms with Crippen molar-refractivity contribution in [2.75, 3.05) is 0 Å². The van der Waals surface area contributed by atoms with Gasteiger partial charge in [-0.3, -0.25) is 0 Å². The second kappa shape index (κ2) is 4.89. The van der Waals surface area contributed by atoms with Gasteiger partial charge in [-0.2, -0.15) is 0 Å². The van der Waals surface area contributed by atoms with Crippen LogP contribution in [0.2, 0.25) is 5.02 Å². The number of nitrogens with zero attached hydrogens (tertiary/aromatic N) is 2. The highest BCUT2D eigenvalue weighted by Crippen LogP contribution is 2.24. The van der Waals surface area contributed by atoms with Crippen LogP contribution in [0, 0.1) is 0 Å². The normalized spacial score (nSPS) is 10.4. The Balaban J connectivity index is 2.08. The molecule has 0 radical (unpaired) electrons. The van der Waals surface area contributed by atoms with Gasteiger partial charge < -0.3 is 9.30 Å². The van der Waals surface area contributed by atoms with E-state index in [-0.39, 0.29) is 0 Å². The Morgan fingerprint density at radius 1 is 1.44 bits per heavy atom. The summed E-state index contributed by atoms with van der Waals surface area (Å²) < 4.78 is 8.30. The smallest absolute Gasteiger partial charge is 0.177 e. The lowest BCUT2D eigenvalue weighted by Gasteiger charge is -2.08. The van der Waals surface area contributed by atoms with Crippen molar-refractivity contribution < 1.29 is 4.74 Å². The van der Waals surface area contributed by atoms with Crippen LogP contribution in [0.1, 0.15) is 5.69 Å². The minimum absolute atomic E-state index is 0.443. The molecule has 0 aliphatic heterocycles. The molecule has 1 aromatic heterocycles. The number of benzene rings is 1. The van der Waals surface area contributed by atoms with Gasteiger partial charge in [-0.05, 0) is 28.1 Å². The first-order chi connectivity index (χ1) is 7.68. The SMILES string of the molecule is Cn1c(COc2ccccc2Cl)cnc1Br. The second-order valence-electron chi connectivity index (χ2n) is 3.30. The topological polar surface area (TPSA) is 27.1 Å². The zero-order chi connectivity index (χ0) is 11.5. The number of rotatable bonds is 3. The Morgan fingerprint density at radius 2 is 2.19 bits per heavy atom. The molecule has 0 aliphatic carbocycles. The minimum Gasteiger partial charge on any atom is -0.486 e. The summed E-state index contributed by atoms with van der Waals surface area (Å²) >= 11 is 9.31. The fourth-order valence-electron chi connectivity index (χ4n) is 1.27. The Kier molecular flexibility index (Phi) is 3.51. The monoisotopic (exact) mass is 300 g/mol. The van der Waals surface area contributed by atoms with Gasteiger partial charge in [-0.1, -0.05) is 23.7 Å². The highest BCUT2D eigenvalue weighted by atomic mass is 79.9. The van der Waals surface area contributed by atoms with E-state index < -0.39 is 0 Å². The van der Waals surface area contributed by atoms with Gasteiger partial charge in [0.2, 0.25) is 0 Å². The molecule has 2 aromatic rings. The Bertz CT molecular complexity index is 498. The van der Waals surface area contributed by atoms with Crippen LogP contribution in [-0.4, -0.2) is 9.55 Å². The Morgan fingerprint density at radius 3 is 2.81 bits per heavy atom. The number of para-hydroxylation sites is 1. The maximum atomic E-state index is 5.98. The lowest BCUT2D eigenvalue weighted by atomic mass is 10.3. The van der Waals surface area contributed by atoms with Crippen molar-refractivity contribution in [3.05, 3.63) is 45.9 Å². The molecule has 1 aromatic carbocycles. The van der Waals surface area contributed by atoms with E-state index in [1.54, 1.807) is 12.3 Å². The average molecular weight is 302 g/mol. The maximum absolute atomic E-state index is 5.98. The molecule has 0 spiro atoms. The van der Waals surface area contributed by atoms with E-state index in [4.69, 9.17) is 16.3 Å². The molecule has 3 nitrogen and oxygen atoms in total. The molecule has 84 valence electrons. The molecule has 1 heterocycles. The lowest BCUT2D eigenvalue weighted by molar-refractivity contribution is 0.297. The first-order valence-corrected chi connectivity index (χ1v) is 5.89. The van der Waals surface area contributed by atoms with Crippen molar-refractivity contribution in [2.45, 2.75) is 6.61 Å². The number of hydrogen-bond acceptors (Lipinski definition) is 2. The lowest BCUT2D eigenvalue weighted by Crippen LogP contribution is -2.02. The standard InChI is InChI=1S/C11H10BrClN2O/c1-15-8(6-14-11(15)12)7-16-10-5-3-2-4-9(10)13/h2-6H,7H2,1H3. The number of hydrogen-bond donors (Lipinski definition) is 0. The third kappa shape index (κ3) is 2.39. The van der Waals surface area contributed by atoms with E-state index in [1.165, 1.54) is 0 Å². The predicted octanol–water partition coefficient (Wildman–Crippen LogP) is 3.42. The summed E-state index contributed by atoms with van der Waals surface area (Å²) in [5.74, 6) is 0.682. The molecule has 0 saturated carbocycles. The van der Waals surface area contributed by atoms with Crippen LogP contribution in [0.15, 0.2) is 35.2 Å². The molecule has 0 atom stereocenters. The van der Waals surface area contributed by atoms with Crippen LogP contribution < -0.4 is 4.74 Å². The molecule has 16 heavy (non-hydrogen) atoms. The van der Waals surface area contributed by atoms with Crippen molar-refractivity contribution in [1.82, 2.24) is 9.55 Å². The number of halogens is 2. The van der Waals surface area contributed by atoms with E-state index in [2.05, 4.69) is 20.9 Å². The van der Waals surface area contributed by atoms with Gasteiger partial charge in [0.25, 0.3) is 0 Å². The van der Waals surface area contributed by atoms with Crippen LogP contribution in [0.4, 0.5) is 0 Å². The Hall–Kier alpha value is -1.00. The van der Waals surface area contributed by atoms with Crippen molar-refractivity contribution in [1.29, 1.82) is 0 Å². The third-order valence-electron chi connectivity index (χ3n) is 2.24. The summed E-state index contributed by atoms with van der Waals surface area (Å²) in [5, 5.41) is 0.615. The zero-order valence-electron chi connectivity index (χ0n) is 8.65. The number of ether oxygens (including phenoxy) is 1. The fourth-order valence-corrected chi connectivity index (χ4v) is 1.79. The number of imidazole rings is 1. The van der Waals surface area contributed by atoms with Gasteiger partial charge in [0.15, 0.2) is 4.73 Å². The first-order valence-electron chi connectivity index (χ1n) is 4.72. The maximum Gasteiger partial charge on any atom is 0.177 e. The van der Waals surface area contributed by atoms with Crippen molar-refractivity contribution in [3.8, 4) is 5.75 Å². The molecule has 0 fully saturated rings. The molecule has 2 rings (SSSR count). The molecule has 0 N–H and O–H groups in total. The van der Waals surface area contributed by atoms with E-state index in [1.807, 2.05) is 29.8 Å². The van der Waals surface area contributed by atoms with Crippen LogP contribution >= 0.6 is 27.5 Å². The van der Waals surface area contributed by atoms with Crippen LogP contribution in [0.3, 0.4) is 0 Å². The van der Waals surface area contributed by atoms with E-state index in [0.29, 0.717) is 17.4 Å². The predicted molar refractivity (Wildman–Crippen MR) is 66.7 cm³/mol. The molecular formula is C11H10BrClN2O. The molecule has 0 amide bonds. The van der Waals surface area contributed by atoms with E-state index in [9.17, 15) is 0 Å². The summed E-state index contributed by atoms with van der Waals surface area (Å²) in [6.07, 6.45) is 1.76. The highest BCUT2D eigenvalue weighted by molar-refractivity contribution is 9.10. The molecule has 0 bridgehead atoms. The zero-order valence-corrected chi connectivity index (χ0v) is 11.0. The summed E-state index contributed by atoms with van der Waals surface area (Å²) in [7, 11) is 1.92. The van der Waals surface area contributed by atoms with Gasteiger partial charge in [0.05, 0.1) is 16.9 Å². The summed E-state index contributed by atoms with van der Waals surface area (Å²) in [6, 6.07) is 7.40. The third-order valence-corrected chi connectivity index (χ3v) is 3.29. The quantitative estimate of drug-likeness (QED) is 0.868. The highest BCUT2D eigenvalue weighted by Gasteiger charge is 2.05. The van der Waals surface area contributed by atoms with Gasteiger partial charge >= 0.3 is 0 Å². The molecule has 0 aliphatic rings. The van der Waals surface area contributed by atoms with Gasteiger partial charge in [0.1, 0.15) is 12.4 Å². The van der Waals surface area contributed by atoms with E-state index in [0.717, 1.165) is 10.4 Å². The number of aromatic nitrogens is 2.